The Labute approximate surface area is 190 Å². The first-order valence-electron chi connectivity index (χ1n) is 11.1. The second-order valence-electron chi connectivity index (χ2n) is 8.47. The molecule has 2 aliphatic rings. The fourth-order valence-corrected chi connectivity index (χ4v) is 4.44. The summed E-state index contributed by atoms with van der Waals surface area (Å²) < 4.78 is 39.4. The third-order valence-corrected chi connectivity index (χ3v) is 6.31. The Balaban J connectivity index is 1.18. The van der Waals surface area contributed by atoms with Crippen molar-refractivity contribution in [3.8, 4) is 0 Å². The van der Waals surface area contributed by atoms with Gasteiger partial charge in [0.05, 0.1) is 16.7 Å². The van der Waals surface area contributed by atoms with Gasteiger partial charge in [-0.2, -0.15) is 13.2 Å². The maximum atomic E-state index is 13.1. The number of carbonyl (C=O) groups is 2. The maximum absolute atomic E-state index is 13.1. The summed E-state index contributed by atoms with van der Waals surface area (Å²) in [6.45, 7) is 4.13. The van der Waals surface area contributed by atoms with Gasteiger partial charge in [0.1, 0.15) is 0 Å². The number of benzene rings is 2. The van der Waals surface area contributed by atoms with Gasteiger partial charge in [0, 0.05) is 44.1 Å². The molecule has 33 heavy (non-hydrogen) atoms. The molecule has 0 radical (unpaired) electrons. The Morgan fingerprint density at radius 3 is 2.03 bits per heavy atom. The predicted molar refractivity (Wildman–Crippen MR) is 120 cm³/mol. The third kappa shape index (κ3) is 4.98. The van der Waals surface area contributed by atoms with Gasteiger partial charge in [-0.1, -0.05) is 18.6 Å². The molecule has 6 nitrogen and oxygen atoms in total. The highest BCUT2D eigenvalue weighted by Crippen LogP contribution is 2.36. The average Bonchev–Trinajstić information content (AvgIpc) is 3.04. The summed E-state index contributed by atoms with van der Waals surface area (Å²) >= 11 is 0. The summed E-state index contributed by atoms with van der Waals surface area (Å²) in [6, 6.07) is 11.0. The van der Waals surface area contributed by atoms with Gasteiger partial charge < -0.3 is 10.6 Å². The molecule has 0 aromatic heterocycles. The molecule has 1 fully saturated rings. The molecule has 176 valence electrons. The van der Waals surface area contributed by atoms with Crippen LogP contribution in [0, 0.1) is 0 Å². The van der Waals surface area contributed by atoms with Crippen molar-refractivity contribution < 1.29 is 22.8 Å². The lowest BCUT2D eigenvalue weighted by molar-refractivity contribution is -0.136. The number of hydrogen-bond donors (Lipinski definition) is 1. The first kappa shape index (κ1) is 23.1. The summed E-state index contributed by atoms with van der Waals surface area (Å²) in [4.78, 5) is 30.3. The van der Waals surface area contributed by atoms with Gasteiger partial charge >= 0.3 is 6.18 Å². The molecule has 2 aromatic carbocycles. The number of anilines is 2. The van der Waals surface area contributed by atoms with Gasteiger partial charge in [-0.3, -0.25) is 19.4 Å². The van der Waals surface area contributed by atoms with Crippen LogP contribution in [-0.4, -0.2) is 60.9 Å². The van der Waals surface area contributed by atoms with Crippen molar-refractivity contribution in [1.29, 1.82) is 0 Å². The minimum Gasteiger partial charge on any atom is -0.398 e. The Morgan fingerprint density at radius 1 is 0.818 bits per heavy atom. The van der Waals surface area contributed by atoms with Gasteiger partial charge in [0.15, 0.2) is 0 Å². The van der Waals surface area contributed by atoms with Crippen molar-refractivity contribution in [1.82, 2.24) is 9.80 Å². The van der Waals surface area contributed by atoms with E-state index in [-0.39, 0.29) is 17.5 Å². The second kappa shape index (κ2) is 9.43. The van der Waals surface area contributed by atoms with Crippen molar-refractivity contribution in [2.45, 2.75) is 25.4 Å². The Morgan fingerprint density at radius 2 is 1.42 bits per heavy atom. The number of carbonyl (C=O) groups excluding carboxylic acids is 2. The molecule has 0 bridgehead atoms. The topological polar surface area (TPSA) is 69.9 Å². The largest absolute Gasteiger partial charge is 0.418 e. The van der Waals surface area contributed by atoms with Crippen LogP contribution in [0.5, 0.6) is 0 Å². The third-order valence-electron chi connectivity index (χ3n) is 6.31. The molecule has 0 saturated carbocycles. The number of halogens is 3. The fourth-order valence-electron chi connectivity index (χ4n) is 4.44. The number of fused-ring (bicyclic) bond motifs is 1. The van der Waals surface area contributed by atoms with Crippen LogP contribution in [0.15, 0.2) is 42.5 Å². The fraction of sp³-hybridized carbons (Fsp3) is 0.417. The SMILES string of the molecule is Nc1ccc(N2CCN(CCCCCN3C(=O)c4ccccc4C3=O)CC2)cc1C(F)(F)F. The van der Waals surface area contributed by atoms with Crippen molar-refractivity contribution >= 4 is 23.2 Å². The lowest BCUT2D eigenvalue weighted by atomic mass is 10.1. The van der Waals surface area contributed by atoms with E-state index in [1.165, 1.54) is 11.0 Å². The van der Waals surface area contributed by atoms with Crippen LogP contribution in [0.4, 0.5) is 24.5 Å². The minimum atomic E-state index is -4.46. The number of hydrogen-bond acceptors (Lipinski definition) is 5. The van der Waals surface area contributed by atoms with E-state index in [1.54, 1.807) is 30.3 Å². The summed E-state index contributed by atoms with van der Waals surface area (Å²) in [5.41, 5.74) is 5.94. The number of alkyl halides is 3. The molecule has 2 aliphatic heterocycles. The van der Waals surface area contributed by atoms with Crippen LogP contribution in [-0.2, 0) is 6.18 Å². The summed E-state index contributed by atoms with van der Waals surface area (Å²) in [5.74, 6) is -0.439. The van der Waals surface area contributed by atoms with E-state index < -0.39 is 11.7 Å². The van der Waals surface area contributed by atoms with Gasteiger partial charge in [0.2, 0.25) is 0 Å². The second-order valence-corrected chi connectivity index (χ2v) is 8.47. The minimum absolute atomic E-state index is 0.219. The first-order valence-corrected chi connectivity index (χ1v) is 11.1. The van der Waals surface area contributed by atoms with Crippen LogP contribution in [0.25, 0.3) is 0 Å². The van der Waals surface area contributed by atoms with Crippen LogP contribution < -0.4 is 10.6 Å². The van der Waals surface area contributed by atoms with Crippen LogP contribution >= 0.6 is 0 Å². The highest BCUT2D eigenvalue weighted by Gasteiger charge is 2.35. The van der Waals surface area contributed by atoms with Gasteiger partial charge in [0.25, 0.3) is 11.8 Å². The Hall–Kier alpha value is -3.07. The number of nitrogen functional groups attached to an aromatic ring is 1. The number of nitrogens with two attached hydrogens (primary N) is 1. The van der Waals surface area contributed by atoms with Crippen molar-refractivity contribution in [3.63, 3.8) is 0 Å². The van der Waals surface area contributed by atoms with E-state index in [0.717, 1.165) is 45.0 Å². The first-order chi connectivity index (χ1) is 15.8. The number of amides is 2. The Kier molecular flexibility index (Phi) is 6.60. The number of piperazine rings is 1. The van der Waals surface area contributed by atoms with Crippen LogP contribution in [0.2, 0.25) is 0 Å². The molecule has 2 N–H and O–H groups in total. The summed E-state index contributed by atoms with van der Waals surface area (Å²) in [7, 11) is 0. The van der Waals surface area contributed by atoms with Crippen LogP contribution in [0.3, 0.4) is 0 Å². The quantitative estimate of drug-likeness (QED) is 0.386. The molecule has 2 aromatic rings. The molecule has 2 heterocycles. The standard InChI is InChI=1S/C24H27F3N4O2/c25-24(26,27)20-16-17(8-9-21(20)28)30-14-12-29(13-15-30)10-4-1-5-11-31-22(32)18-6-2-3-7-19(18)23(31)33/h2-3,6-9,16H,1,4-5,10-15,28H2. The van der Waals surface area contributed by atoms with Gasteiger partial charge in [-0.25, -0.2) is 0 Å². The van der Waals surface area contributed by atoms with E-state index in [4.69, 9.17) is 5.73 Å². The predicted octanol–water partition coefficient (Wildman–Crippen LogP) is 3.88. The van der Waals surface area contributed by atoms with Gasteiger partial charge in [-0.05, 0) is 49.7 Å². The van der Waals surface area contributed by atoms with Gasteiger partial charge in [-0.15, -0.1) is 0 Å². The van der Waals surface area contributed by atoms with Crippen molar-refractivity contribution in [2.24, 2.45) is 0 Å². The molecular formula is C24H27F3N4O2. The monoisotopic (exact) mass is 460 g/mol. The van der Waals surface area contributed by atoms with Crippen molar-refractivity contribution in [2.75, 3.05) is 49.9 Å². The zero-order valence-corrected chi connectivity index (χ0v) is 18.3. The molecular weight excluding hydrogens is 433 g/mol. The number of rotatable bonds is 7. The molecule has 0 unspecified atom stereocenters. The highest BCUT2D eigenvalue weighted by atomic mass is 19.4. The average molecular weight is 461 g/mol. The van der Waals surface area contributed by atoms with E-state index in [9.17, 15) is 22.8 Å². The maximum Gasteiger partial charge on any atom is 0.418 e. The molecule has 0 spiro atoms. The van der Waals surface area contributed by atoms with E-state index in [0.29, 0.717) is 36.4 Å². The summed E-state index contributed by atoms with van der Waals surface area (Å²) in [5, 5.41) is 0. The summed E-state index contributed by atoms with van der Waals surface area (Å²) in [6.07, 6.45) is -1.89. The van der Waals surface area contributed by atoms with Crippen molar-refractivity contribution in [3.05, 3.63) is 59.2 Å². The number of imide groups is 1. The molecule has 2 amide bonds. The normalized spacial score (nSPS) is 17.1. The molecule has 0 atom stereocenters. The lowest BCUT2D eigenvalue weighted by Gasteiger charge is -2.36. The lowest BCUT2D eigenvalue weighted by Crippen LogP contribution is -2.46. The smallest absolute Gasteiger partial charge is 0.398 e. The number of unbranched alkanes of at least 4 members (excludes halogenated alkanes) is 2. The molecule has 9 heteroatoms. The van der Waals surface area contributed by atoms with E-state index in [1.807, 2.05) is 4.90 Å². The highest BCUT2D eigenvalue weighted by molar-refractivity contribution is 6.21. The van der Waals surface area contributed by atoms with Crippen LogP contribution in [0.1, 0.15) is 45.5 Å². The van der Waals surface area contributed by atoms with E-state index >= 15 is 0 Å². The zero-order chi connectivity index (χ0) is 23.6. The zero-order valence-electron chi connectivity index (χ0n) is 18.3. The van der Waals surface area contributed by atoms with E-state index in [2.05, 4.69) is 4.90 Å². The molecule has 0 aliphatic carbocycles. The Bertz CT molecular complexity index is 998. The molecule has 4 rings (SSSR count). The molecule has 1 saturated heterocycles. The number of nitrogens with zero attached hydrogens (tertiary/aromatic N) is 3.